The number of rotatable bonds is 10. The number of thiophene rings is 1. The van der Waals surface area contributed by atoms with Crippen LogP contribution in [0.2, 0.25) is 0 Å². The molecule has 7 nitrogen and oxygen atoms in total. The molecule has 0 aliphatic heterocycles. The highest BCUT2D eigenvalue weighted by atomic mass is 79.9. The van der Waals surface area contributed by atoms with Gasteiger partial charge in [-0.05, 0) is 40.0 Å². The molecule has 0 bridgehead atoms. The van der Waals surface area contributed by atoms with Gasteiger partial charge in [0.2, 0.25) is 5.91 Å². The van der Waals surface area contributed by atoms with Crippen LogP contribution in [0.5, 0.6) is 5.75 Å². The number of hydrogen-bond donors (Lipinski definition) is 3. The molecule has 0 spiro atoms. The zero-order valence-electron chi connectivity index (χ0n) is 15.2. The van der Waals surface area contributed by atoms with Crippen molar-refractivity contribution in [3.8, 4) is 16.2 Å². The summed E-state index contributed by atoms with van der Waals surface area (Å²) in [5, 5.41) is 21.0. The van der Waals surface area contributed by atoms with E-state index in [-0.39, 0.29) is 16.5 Å². The van der Waals surface area contributed by atoms with Gasteiger partial charge in [0.25, 0.3) is 0 Å². The van der Waals surface area contributed by atoms with Crippen LogP contribution in [0.1, 0.15) is 42.3 Å². The van der Waals surface area contributed by atoms with Crippen molar-refractivity contribution in [1.29, 1.82) is 0 Å². The lowest BCUT2D eigenvalue weighted by Crippen LogP contribution is -2.11. The number of benzene rings is 1. The molecule has 3 N–H and O–H groups in total. The smallest absolute Gasteiger partial charge is 0.349 e. The highest BCUT2D eigenvalue weighted by Gasteiger charge is 2.24. The molecular weight excluding hydrogens is 450 g/mol. The minimum atomic E-state index is -1.21. The van der Waals surface area contributed by atoms with Crippen molar-refractivity contribution in [2.24, 2.45) is 0 Å². The molecule has 28 heavy (non-hydrogen) atoms. The van der Waals surface area contributed by atoms with Crippen molar-refractivity contribution < 1.29 is 29.3 Å². The fourth-order valence-electron chi connectivity index (χ4n) is 2.48. The summed E-state index contributed by atoms with van der Waals surface area (Å²) in [5.41, 5.74) is 1.28. The van der Waals surface area contributed by atoms with Crippen LogP contribution in [0.3, 0.4) is 0 Å². The van der Waals surface area contributed by atoms with Crippen molar-refractivity contribution in [2.45, 2.75) is 32.6 Å². The van der Waals surface area contributed by atoms with Gasteiger partial charge in [-0.25, -0.2) is 9.59 Å². The fraction of sp³-hybridized carbons (Fsp3) is 0.316. The van der Waals surface area contributed by atoms with E-state index in [4.69, 9.17) is 9.84 Å². The van der Waals surface area contributed by atoms with Crippen LogP contribution < -0.4 is 10.1 Å². The minimum Gasteiger partial charge on any atom is -0.479 e. The van der Waals surface area contributed by atoms with E-state index in [1.54, 1.807) is 24.3 Å². The molecule has 0 atom stereocenters. The number of carbonyl (C=O) groups is 3. The van der Waals surface area contributed by atoms with E-state index in [0.29, 0.717) is 27.0 Å². The monoisotopic (exact) mass is 469 g/mol. The summed E-state index contributed by atoms with van der Waals surface area (Å²) >= 11 is 4.28. The zero-order chi connectivity index (χ0) is 20.7. The first-order valence-electron chi connectivity index (χ1n) is 8.64. The maximum absolute atomic E-state index is 12.0. The normalized spacial score (nSPS) is 10.5. The van der Waals surface area contributed by atoms with Crippen molar-refractivity contribution >= 4 is 50.8 Å². The molecule has 0 radical (unpaired) electrons. The first kappa shape index (κ1) is 21.9. The summed E-state index contributed by atoms with van der Waals surface area (Å²) in [7, 11) is 0. The van der Waals surface area contributed by atoms with E-state index < -0.39 is 18.5 Å². The number of halogens is 1. The van der Waals surface area contributed by atoms with Gasteiger partial charge in [-0.15, -0.1) is 11.3 Å². The highest BCUT2D eigenvalue weighted by molar-refractivity contribution is 9.10. The molecule has 2 aromatic rings. The Hall–Kier alpha value is -2.39. The standard InChI is InChI=1S/C19H20BrNO6S/c1-2-3-4-8-13(22)21-12-7-5-6-11(9-12)17-15(20)16(27-10-14(23)24)18(28-17)19(25)26/h5-7,9H,2-4,8,10H2,1H3,(H,21,22)(H,23,24)(H,25,26). The second-order valence-electron chi connectivity index (χ2n) is 5.98. The predicted octanol–water partition coefficient (Wildman–Crippen LogP) is 4.86. The molecule has 0 aliphatic carbocycles. The fourth-order valence-corrected chi connectivity index (χ4v) is 4.37. The Kier molecular flexibility index (Phi) is 8.01. The lowest BCUT2D eigenvalue weighted by molar-refractivity contribution is -0.139. The molecule has 0 saturated heterocycles. The summed E-state index contributed by atoms with van der Waals surface area (Å²) in [6.07, 6.45) is 3.29. The average Bonchev–Trinajstić information content (AvgIpc) is 2.97. The second-order valence-corrected chi connectivity index (χ2v) is 7.79. The summed E-state index contributed by atoms with van der Waals surface area (Å²) in [4.78, 5) is 34.8. The first-order valence-corrected chi connectivity index (χ1v) is 10.2. The molecule has 1 amide bonds. The number of amides is 1. The SMILES string of the molecule is CCCCCC(=O)Nc1cccc(-c2sc(C(=O)O)c(OCC(=O)O)c2Br)c1. The molecule has 150 valence electrons. The number of unbranched alkanes of at least 4 members (excludes halogenated alkanes) is 2. The number of anilines is 1. The number of aromatic carboxylic acids is 1. The van der Waals surface area contributed by atoms with E-state index in [2.05, 4.69) is 28.2 Å². The molecule has 0 fully saturated rings. The number of ether oxygens (including phenoxy) is 1. The van der Waals surface area contributed by atoms with Gasteiger partial charge < -0.3 is 20.3 Å². The van der Waals surface area contributed by atoms with E-state index in [1.807, 2.05) is 0 Å². The molecule has 2 rings (SSSR count). The number of carbonyl (C=O) groups excluding carboxylic acids is 1. The summed E-state index contributed by atoms with van der Waals surface area (Å²) in [6.45, 7) is 1.42. The van der Waals surface area contributed by atoms with Gasteiger partial charge in [0, 0.05) is 12.1 Å². The third kappa shape index (κ3) is 5.80. The number of aliphatic carboxylic acids is 1. The van der Waals surface area contributed by atoms with E-state index >= 15 is 0 Å². The van der Waals surface area contributed by atoms with Crippen molar-refractivity contribution in [3.05, 3.63) is 33.6 Å². The summed E-state index contributed by atoms with van der Waals surface area (Å²) < 4.78 is 5.52. The summed E-state index contributed by atoms with van der Waals surface area (Å²) in [6, 6.07) is 7.01. The number of carboxylic acid groups (broad SMARTS) is 2. The topological polar surface area (TPSA) is 113 Å². The van der Waals surface area contributed by atoms with Gasteiger partial charge in [-0.1, -0.05) is 31.9 Å². The van der Waals surface area contributed by atoms with Crippen LogP contribution in [0.15, 0.2) is 28.7 Å². The predicted molar refractivity (Wildman–Crippen MR) is 110 cm³/mol. The second kappa shape index (κ2) is 10.2. The van der Waals surface area contributed by atoms with Crippen LogP contribution in [0.25, 0.3) is 10.4 Å². The van der Waals surface area contributed by atoms with E-state index in [1.165, 1.54) is 0 Å². The molecule has 1 aromatic heterocycles. The van der Waals surface area contributed by atoms with E-state index in [0.717, 1.165) is 30.6 Å². The van der Waals surface area contributed by atoms with Gasteiger partial charge in [0.1, 0.15) is 0 Å². The maximum atomic E-state index is 12.0. The minimum absolute atomic E-state index is 0.0242. The average molecular weight is 470 g/mol. The molecular formula is C19H20BrNO6S. The van der Waals surface area contributed by atoms with Crippen LogP contribution in [0.4, 0.5) is 5.69 Å². The largest absolute Gasteiger partial charge is 0.479 e. The maximum Gasteiger partial charge on any atom is 0.349 e. The Balaban J connectivity index is 2.27. The Labute approximate surface area is 174 Å². The van der Waals surface area contributed by atoms with Gasteiger partial charge in [-0.3, -0.25) is 4.79 Å². The van der Waals surface area contributed by atoms with Crippen molar-refractivity contribution in [1.82, 2.24) is 0 Å². The number of nitrogens with one attached hydrogen (secondary N) is 1. The molecule has 9 heteroatoms. The van der Waals surface area contributed by atoms with Crippen LogP contribution in [-0.4, -0.2) is 34.7 Å². The Morgan fingerprint density at radius 3 is 2.61 bits per heavy atom. The quantitative estimate of drug-likeness (QED) is 0.428. The number of hydrogen-bond acceptors (Lipinski definition) is 5. The molecule has 0 aliphatic rings. The van der Waals surface area contributed by atoms with Crippen molar-refractivity contribution in [3.63, 3.8) is 0 Å². The summed E-state index contributed by atoms with van der Waals surface area (Å²) in [5.74, 6) is -2.52. The third-order valence-electron chi connectivity index (χ3n) is 3.76. The van der Waals surface area contributed by atoms with Gasteiger partial charge in [0.15, 0.2) is 17.2 Å². The Morgan fingerprint density at radius 1 is 1.21 bits per heavy atom. The van der Waals surface area contributed by atoms with E-state index in [9.17, 15) is 19.5 Å². The lowest BCUT2D eigenvalue weighted by Gasteiger charge is -2.07. The van der Waals surface area contributed by atoms with Crippen LogP contribution in [-0.2, 0) is 9.59 Å². The Morgan fingerprint density at radius 2 is 1.96 bits per heavy atom. The zero-order valence-corrected chi connectivity index (χ0v) is 17.6. The van der Waals surface area contributed by atoms with Crippen LogP contribution >= 0.6 is 27.3 Å². The molecule has 1 aromatic carbocycles. The molecule has 0 saturated carbocycles. The third-order valence-corrected chi connectivity index (χ3v) is 5.99. The molecule has 1 heterocycles. The van der Waals surface area contributed by atoms with Gasteiger partial charge >= 0.3 is 11.9 Å². The van der Waals surface area contributed by atoms with Gasteiger partial charge in [0.05, 0.1) is 9.35 Å². The molecule has 0 unspecified atom stereocenters. The van der Waals surface area contributed by atoms with Crippen molar-refractivity contribution in [2.75, 3.05) is 11.9 Å². The number of carboxylic acids is 2. The van der Waals surface area contributed by atoms with Crippen LogP contribution in [0, 0.1) is 0 Å². The highest BCUT2D eigenvalue weighted by Crippen LogP contribution is 2.46. The van der Waals surface area contributed by atoms with Gasteiger partial charge in [-0.2, -0.15) is 0 Å². The first-order chi connectivity index (χ1) is 13.3. The lowest BCUT2D eigenvalue weighted by atomic mass is 10.1. The Bertz CT molecular complexity index is 879.